The third-order valence-electron chi connectivity index (χ3n) is 1.25. The number of rotatable bonds is 3. The third kappa shape index (κ3) is 2.36. The quantitative estimate of drug-likeness (QED) is 0.519. The molecule has 0 atom stereocenters. The molecule has 0 radical (unpaired) electrons. The smallest absolute Gasteiger partial charge is 0.175 e. The zero-order valence-electron chi connectivity index (χ0n) is 6.23. The van der Waals surface area contributed by atoms with Gasteiger partial charge in [-0.2, -0.15) is 5.26 Å². The van der Waals surface area contributed by atoms with Crippen molar-refractivity contribution in [2.45, 2.75) is 0 Å². The molecule has 0 aliphatic carbocycles. The van der Waals surface area contributed by atoms with Crippen LogP contribution >= 0.6 is 11.8 Å². The van der Waals surface area contributed by atoms with E-state index in [9.17, 15) is 4.79 Å². The first-order chi connectivity index (χ1) is 5.84. The van der Waals surface area contributed by atoms with Crippen LogP contribution in [-0.2, 0) is 0 Å². The molecule has 0 saturated heterocycles. The molecule has 0 bridgehead atoms. The summed E-state index contributed by atoms with van der Waals surface area (Å²) in [5, 5.41) is 10.1. The second kappa shape index (κ2) is 4.52. The normalized spacial score (nSPS) is 8.92. The van der Waals surface area contributed by atoms with Gasteiger partial charge in [0.15, 0.2) is 5.78 Å². The molecule has 1 heterocycles. The van der Waals surface area contributed by atoms with Gasteiger partial charge in [0.25, 0.3) is 0 Å². The zero-order chi connectivity index (χ0) is 8.81. The van der Waals surface area contributed by atoms with Crippen LogP contribution in [0.15, 0.2) is 24.5 Å². The van der Waals surface area contributed by atoms with E-state index in [1.54, 1.807) is 18.3 Å². The standard InChI is InChI=1S/C8H6N2OS/c9-6-12-5-8(11)7-2-1-3-10-4-7/h1-4H,5H2. The number of Topliss-reactive ketones (excluding diaryl/α,β-unsaturated/α-hetero) is 1. The maximum atomic E-state index is 11.2. The molecule has 0 N–H and O–H groups in total. The number of pyridine rings is 1. The second-order valence-electron chi connectivity index (χ2n) is 2.04. The van der Waals surface area contributed by atoms with Crippen molar-refractivity contribution in [1.29, 1.82) is 5.26 Å². The topological polar surface area (TPSA) is 53.8 Å². The zero-order valence-corrected chi connectivity index (χ0v) is 7.04. The molecule has 1 rings (SSSR count). The molecule has 0 spiro atoms. The van der Waals surface area contributed by atoms with Gasteiger partial charge >= 0.3 is 0 Å². The fourth-order valence-corrected chi connectivity index (χ4v) is 1.07. The van der Waals surface area contributed by atoms with E-state index in [1.165, 1.54) is 6.20 Å². The average molecular weight is 178 g/mol. The number of carbonyl (C=O) groups excluding carboxylic acids is 1. The number of nitriles is 1. The van der Waals surface area contributed by atoms with Crippen LogP contribution < -0.4 is 0 Å². The summed E-state index contributed by atoms with van der Waals surface area (Å²) in [6.07, 6.45) is 3.11. The van der Waals surface area contributed by atoms with E-state index in [4.69, 9.17) is 5.26 Å². The SMILES string of the molecule is N#CSCC(=O)c1cccnc1. The fourth-order valence-electron chi connectivity index (χ4n) is 0.709. The Hall–Kier alpha value is -1.34. The first kappa shape index (κ1) is 8.75. The maximum Gasteiger partial charge on any atom is 0.175 e. The molecule has 1 aromatic rings. The van der Waals surface area contributed by atoms with Crippen molar-refractivity contribution in [3.63, 3.8) is 0 Å². The molecule has 0 unspecified atom stereocenters. The largest absolute Gasteiger partial charge is 0.293 e. The van der Waals surface area contributed by atoms with E-state index < -0.39 is 0 Å². The maximum absolute atomic E-state index is 11.2. The van der Waals surface area contributed by atoms with Gasteiger partial charge in [-0.05, 0) is 23.9 Å². The Morgan fingerprint density at radius 1 is 1.75 bits per heavy atom. The van der Waals surface area contributed by atoms with Gasteiger partial charge in [-0.15, -0.1) is 0 Å². The van der Waals surface area contributed by atoms with Gasteiger partial charge in [-0.1, -0.05) is 0 Å². The lowest BCUT2D eigenvalue weighted by atomic mass is 10.2. The minimum atomic E-state index is -0.0605. The first-order valence-electron chi connectivity index (χ1n) is 3.28. The Morgan fingerprint density at radius 3 is 3.17 bits per heavy atom. The highest BCUT2D eigenvalue weighted by Crippen LogP contribution is 2.03. The number of hydrogen-bond donors (Lipinski definition) is 0. The predicted octanol–water partition coefficient (Wildman–Crippen LogP) is 1.48. The molecule has 0 aromatic carbocycles. The van der Waals surface area contributed by atoms with Crippen LogP contribution in [0, 0.1) is 10.7 Å². The number of hydrogen-bond acceptors (Lipinski definition) is 4. The second-order valence-corrected chi connectivity index (χ2v) is 2.80. The van der Waals surface area contributed by atoms with Gasteiger partial charge in [0.05, 0.1) is 5.75 Å². The lowest BCUT2D eigenvalue weighted by Crippen LogP contribution is -2.01. The lowest BCUT2D eigenvalue weighted by molar-refractivity contribution is 0.102. The van der Waals surface area contributed by atoms with Gasteiger partial charge in [0.1, 0.15) is 5.40 Å². The van der Waals surface area contributed by atoms with E-state index in [1.807, 2.05) is 5.40 Å². The van der Waals surface area contributed by atoms with Crippen molar-refractivity contribution < 1.29 is 4.79 Å². The summed E-state index contributed by atoms with van der Waals surface area (Å²) < 4.78 is 0. The number of nitrogens with zero attached hydrogens (tertiary/aromatic N) is 2. The summed E-state index contributed by atoms with van der Waals surface area (Å²) in [7, 11) is 0. The van der Waals surface area contributed by atoms with Crippen molar-refractivity contribution in [1.82, 2.24) is 4.98 Å². The van der Waals surface area contributed by atoms with Crippen LogP contribution in [0.25, 0.3) is 0 Å². The van der Waals surface area contributed by atoms with E-state index in [0.29, 0.717) is 5.56 Å². The molecule has 0 amide bonds. The summed E-state index contributed by atoms with van der Waals surface area (Å²) in [6.45, 7) is 0. The molecule has 1 aromatic heterocycles. The predicted molar refractivity (Wildman–Crippen MR) is 46.6 cm³/mol. The average Bonchev–Trinajstić information content (AvgIpc) is 2.15. The highest BCUT2D eigenvalue weighted by atomic mass is 32.2. The van der Waals surface area contributed by atoms with Gasteiger partial charge in [-0.3, -0.25) is 9.78 Å². The Balaban J connectivity index is 2.61. The lowest BCUT2D eigenvalue weighted by Gasteiger charge is -1.94. The number of carbonyl (C=O) groups is 1. The molecule has 3 nitrogen and oxygen atoms in total. The van der Waals surface area contributed by atoms with Crippen LogP contribution in [0.4, 0.5) is 0 Å². The highest BCUT2D eigenvalue weighted by Gasteiger charge is 2.04. The van der Waals surface area contributed by atoms with Crippen molar-refractivity contribution in [3.05, 3.63) is 30.1 Å². The summed E-state index contributed by atoms with van der Waals surface area (Å²) in [6, 6.07) is 3.39. The van der Waals surface area contributed by atoms with Gasteiger partial charge in [0, 0.05) is 18.0 Å². The van der Waals surface area contributed by atoms with Crippen molar-refractivity contribution in [3.8, 4) is 5.40 Å². The highest BCUT2D eigenvalue weighted by molar-refractivity contribution is 8.04. The molecule has 0 saturated carbocycles. The molecular weight excluding hydrogens is 172 g/mol. The van der Waals surface area contributed by atoms with Crippen LogP contribution in [0.5, 0.6) is 0 Å². The van der Waals surface area contributed by atoms with E-state index in [2.05, 4.69) is 4.98 Å². The Bertz CT molecular complexity index is 305. The van der Waals surface area contributed by atoms with Crippen molar-refractivity contribution in [2.75, 3.05) is 5.75 Å². The molecule has 60 valence electrons. The number of thiocyanates is 1. The Morgan fingerprint density at radius 2 is 2.58 bits per heavy atom. The van der Waals surface area contributed by atoms with E-state index >= 15 is 0 Å². The van der Waals surface area contributed by atoms with Gasteiger partial charge in [0.2, 0.25) is 0 Å². The summed E-state index contributed by atoms with van der Waals surface area (Å²) >= 11 is 0.939. The molecule has 0 aliphatic rings. The van der Waals surface area contributed by atoms with E-state index in [-0.39, 0.29) is 11.5 Å². The molecule has 0 aliphatic heterocycles. The van der Waals surface area contributed by atoms with Crippen molar-refractivity contribution in [2.24, 2.45) is 0 Å². The van der Waals surface area contributed by atoms with Crippen molar-refractivity contribution >= 4 is 17.5 Å². The number of thioether (sulfide) groups is 1. The van der Waals surface area contributed by atoms with Crippen LogP contribution in [-0.4, -0.2) is 16.5 Å². The van der Waals surface area contributed by atoms with Crippen LogP contribution in [0.2, 0.25) is 0 Å². The summed E-state index contributed by atoms with van der Waals surface area (Å²) in [5.74, 6) is 0.136. The first-order valence-corrected chi connectivity index (χ1v) is 4.27. The molecule has 12 heavy (non-hydrogen) atoms. The Kier molecular flexibility index (Phi) is 3.30. The summed E-state index contributed by atoms with van der Waals surface area (Å²) in [4.78, 5) is 15.0. The van der Waals surface area contributed by atoms with Crippen LogP contribution in [0.1, 0.15) is 10.4 Å². The summed E-state index contributed by atoms with van der Waals surface area (Å²) in [5.41, 5.74) is 0.556. The monoisotopic (exact) mass is 178 g/mol. The minimum absolute atomic E-state index is 0.0605. The molecular formula is C8H6N2OS. The third-order valence-corrected chi connectivity index (χ3v) is 1.79. The van der Waals surface area contributed by atoms with Gasteiger partial charge < -0.3 is 0 Å². The van der Waals surface area contributed by atoms with Crippen LogP contribution in [0.3, 0.4) is 0 Å². The van der Waals surface area contributed by atoms with Gasteiger partial charge in [-0.25, -0.2) is 0 Å². The fraction of sp³-hybridized carbons (Fsp3) is 0.125. The minimum Gasteiger partial charge on any atom is -0.293 e. The van der Waals surface area contributed by atoms with E-state index in [0.717, 1.165) is 11.8 Å². The number of aromatic nitrogens is 1. The molecule has 0 fully saturated rings. The Labute approximate surface area is 74.4 Å². The number of ketones is 1. The molecule has 4 heteroatoms.